The number of hydrogen-bond acceptors (Lipinski definition) is 4. The van der Waals surface area contributed by atoms with Gasteiger partial charge in [0.05, 0.1) is 4.92 Å². The Labute approximate surface area is 106 Å². The van der Waals surface area contributed by atoms with Gasteiger partial charge < -0.3 is 10.4 Å². The second kappa shape index (κ2) is 4.94. The van der Waals surface area contributed by atoms with Crippen molar-refractivity contribution in [2.45, 2.75) is 26.2 Å². The molecule has 0 radical (unpaired) electrons. The molecule has 1 fully saturated rings. The van der Waals surface area contributed by atoms with Crippen LogP contribution in [0.5, 0.6) is 0 Å². The third kappa shape index (κ3) is 2.79. The lowest BCUT2D eigenvalue weighted by molar-refractivity contribution is -0.384. The maximum absolute atomic E-state index is 10.9. The first-order valence-corrected chi connectivity index (χ1v) is 6.16. The van der Waals surface area contributed by atoms with Gasteiger partial charge in [0.2, 0.25) is 0 Å². The molecule has 18 heavy (non-hydrogen) atoms. The molecule has 1 aromatic carbocycles. The summed E-state index contributed by atoms with van der Waals surface area (Å²) in [6.07, 6.45) is 2.93. The molecule has 0 heterocycles. The van der Waals surface area contributed by atoms with Gasteiger partial charge in [-0.05, 0) is 43.2 Å². The summed E-state index contributed by atoms with van der Waals surface area (Å²) in [7, 11) is 0. The molecular weight excluding hydrogens is 232 g/mol. The van der Waals surface area contributed by atoms with Crippen molar-refractivity contribution < 1.29 is 10.0 Å². The number of nitro groups is 1. The molecule has 1 saturated carbocycles. The van der Waals surface area contributed by atoms with E-state index in [1.54, 1.807) is 12.1 Å². The van der Waals surface area contributed by atoms with Gasteiger partial charge in [0.1, 0.15) is 5.69 Å². The fourth-order valence-corrected chi connectivity index (χ4v) is 2.16. The van der Waals surface area contributed by atoms with E-state index in [0.29, 0.717) is 12.2 Å². The topological polar surface area (TPSA) is 75.4 Å². The average Bonchev–Trinajstić information content (AvgIpc) is 3.07. The number of hydrogen-bond donors (Lipinski definition) is 2. The summed E-state index contributed by atoms with van der Waals surface area (Å²) in [5, 5.41) is 23.1. The van der Waals surface area contributed by atoms with Crippen LogP contribution >= 0.6 is 0 Å². The lowest BCUT2D eigenvalue weighted by Crippen LogP contribution is -2.17. The zero-order valence-electron chi connectivity index (χ0n) is 10.5. The molecule has 0 unspecified atom stereocenters. The Balaban J connectivity index is 2.08. The maximum atomic E-state index is 10.9. The number of nitro benzene ring substituents is 1. The molecule has 0 aromatic heterocycles. The van der Waals surface area contributed by atoms with Gasteiger partial charge in [0.15, 0.2) is 0 Å². The second-order valence-corrected chi connectivity index (χ2v) is 5.10. The van der Waals surface area contributed by atoms with Crippen LogP contribution in [0, 0.1) is 22.5 Å². The Kier molecular flexibility index (Phi) is 3.52. The number of benzene rings is 1. The number of nitrogens with zero attached hydrogens (tertiary/aromatic N) is 1. The van der Waals surface area contributed by atoms with Crippen molar-refractivity contribution in [2.24, 2.45) is 5.41 Å². The second-order valence-electron chi connectivity index (χ2n) is 5.10. The van der Waals surface area contributed by atoms with Crippen molar-refractivity contribution in [3.63, 3.8) is 0 Å². The predicted molar refractivity (Wildman–Crippen MR) is 69.7 cm³/mol. The van der Waals surface area contributed by atoms with Gasteiger partial charge >= 0.3 is 0 Å². The Morgan fingerprint density at radius 1 is 1.50 bits per heavy atom. The molecule has 0 amide bonds. The van der Waals surface area contributed by atoms with Gasteiger partial charge in [-0.15, -0.1) is 0 Å². The quantitative estimate of drug-likeness (QED) is 0.600. The van der Waals surface area contributed by atoms with Gasteiger partial charge in [0.25, 0.3) is 5.69 Å². The first kappa shape index (κ1) is 12.8. The fraction of sp³-hybridized carbons (Fsp3) is 0.538. The van der Waals surface area contributed by atoms with E-state index in [4.69, 9.17) is 5.11 Å². The van der Waals surface area contributed by atoms with Crippen LogP contribution in [-0.4, -0.2) is 23.2 Å². The van der Waals surface area contributed by atoms with Gasteiger partial charge in [0, 0.05) is 19.2 Å². The summed E-state index contributed by atoms with van der Waals surface area (Å²) in [5.74, 6) is 0. The highest BCUT2D eigenvalue weighted by molar-refractivity contribution is 5.62. The number of aliphatic hydroxyl groups is 1. The summed E-state index contributed by atoms with van der Waals surface area (Å²) in [4.78, 5) is 10.6. The summed E-state index contributed by atoms with van der Waals surface area (Å²) in [6.45, 7) is 2.78. The van der Waals surface area contributed by atoms with E-state index < -0.39 is 0 Å². The molecule has 1 aliphatic carbocycles. The molecule has 0 bridgehead atoms. The van der Waals surface area contributed by atoms with Crippen molar-refractivity contribution in [3.8, 4) is 0 Å². The third-order valence-electron chi connectivity index (χ3n) is 3.60. The molecule has 5 nitrogen and oxygen atoms in total. The highest BCUT2D eigenvalue weighted by Gasteiger charge is 2.41. The third-order valence-corrected chi connectivity index (χ3v) is 3.60. The van der Waals surface area contributed by atoms with Crippen LogP contribution in [-0.2, 0) is 0 Å². The monoisotopic (exact) mass is 250 g/mol. The molecule has 0 atom stereocenters. The number of aryl methyl sites for hydroxylation is 1. The predicted octanol–water partition coefficient (Wildman–Crippen LogP) is 2.48. The van der Waals surface area contributed by atoms with E-state index in [0.717, 1.165) is 24.8 Å². The van der Waals surface area contributed by atoms with E-state index in [-0.39, 0.29) is 22.6 Å². The summed E-state index contributed by atoms with van der Waals surface area (Å²) >= 11 is 0. The van der Waals surface area contributed by atoms with Gasteiger partial charge in [-0.25, -0.2) is 0 Å². The zero-order valence-corrected chi connectivity index (χ0v) is 10.5. The summed E-state index contributed by atoms with van der Waals surface area (Å²) < 4.78 is 0. The molecule has 0 spiro atoms. The SMILES string of the molecule is Cc1ccc([N+](=O)[O-])c(NCC2(CCO)CC2)c1. The van der Waals surface area contributed by atoms with Crippen LogP contribution in [0.2, 0.25) is 0 Å². The van der Waals surface area contributed by atoms with Crippen molar-refractivity contribution in [1.82, 2.24) is 0 Å². The van der Waals surface area contributed by atoms with Crippen LogP contribution in [0.4, 0.5) is 11.4 Å². The molecule has 98 valence electrons. The highest BCUT2D eigenvalue weighted by atomic mass is 16.6. The van der Waals surface area contributed by atoms with E-state index in [9.17, 15) is 10.1 Å². The van der Waals surface area contributed by atoms with Crippen molar-refractivity contribution in [2.75, 3.05) is 18.5 Å². The number of nitrogens with one attached hydrogen (secondary N) is 1. The van der Waals surface area contributed by atoms with Gasteiger partial charge in [-0.2, -0.15) is 0 Å². The first-order chi connectivity index (χ1) is 8.56. The number of aliphatic hydroxyl groups excluding tert-OH is 1. The van der Waals surface area contributed by atoms with Crippen LogP contribution in [0.3, 0.4) is 0 Å². The van der Waals surface area contributed by atoms with E-state index in [2.05, 4.69) is 5.32 Å². The molecule has 0 aliphatic heterocycles. The Hall–Kier alpha value is -1.62. The Morgan fingerprint density at radius 3 is 2.78 bits per heavy atom. The smallest absolute Gasteiger partial charge is 0.292 e. The Morgan fingerprint density at radius 2 is 2.22 bits per heavy atom. The first-order valence-electron chi connectivity index (χ1n) is 6.16. The molecule has 1 aliphatic rings. The molecular formula is C13H18N2O3. The average molecular weight is 250 g/mol. The molecule has 0 saturated heterocycles. The fourth-order valence-electron chi connectivity index (χ4n) is 2.16. The summed E-state index contributed by atoms with van der Waals surface area (Å²) in [6, 6.07) is 5.07. The zero-order chi connectivity index (χ0) is 13.2. The van der Waals surface area contributed by atoms with Crippen LogP contribution in [0.15, 0.2) is 18.2 Å². The van der Waals surface area contributed by atoms with E-state index >= 15 is 0 Å². The molecule has 1 aromatic rings. The lowest BCUT2D eigenvalue weighted by Gasteiger charge is -2.15. The largest absolute Gasteiger partial charge is 0.396 e. The molecule has 2 rings (SSSR count). The van der Waals surface area contributed by atoms with E-state index in [1.807, 2.05) is 6.92 Å². The highest BCUT2D eigenvalue weighted by Crippen LogP contribution is 2.48. The molecule has 2 N–H and O–H groups in total. The van der Waals surface area contributed by atoms with Crippen LogP contribution in [0.1, 0.15) is 24.8 Å². The standard InChI is InChI=1S/C13H18N2O3/c1-10-2-3-12(15(17)18)11(8-10)14-9-13(4-5-13)6-7-16/h2-3,8,14,16H,4-7,9H2,1H3. The van der Waals surface area contributed by atoms with Crippen molar-refractivity contribution in [3.05, 3.63) is 33.9 Å². The Bertz CT molecular complexity index is 456. The summed E-state index contributed by atoms with van der Waals surface area (Å²) in [5.41, 5.74) is 1.83. The van der Waals surface area contributed by atoms with Crippen molar-refractivity contribution >= 4 is 11.4 Å². The minimum absolute atomic E-state index is 0.111. The minimum Gasteiger partial charge on any atom is -0.396 e. The van der Waals surface area contributed by atoms with Crippen LogP contribution in [0.25, 0.3) is 0 Å². The lowest BCUT2D eigenvalue weighted by atomic mass is 10.0. The van der Waals surface area contributed by atoms with Gasteiger partial charge in [-0.1, -0.05) is 6.07 Å². The van der Waals surface area contributed by atoms with E-state index in [1.165, 1.54) is 6.07 Å². The van der Waals surface area contributed by atoms with Crippen molar-refractivity contribution in [1.29, 1.82) is 0 Å². The van der Waals surface area contributed by atoms with Gasteiger partial charge in [-0.3, -0.25) is 10.1 Å². The normalized spacial score (nSPS) is 16.3. The number of anilines is 1. The number of rotatable bonds is 6. The maximum Gasteiger partial charge on any atom is 0.292 e. The van der Waals surface area contributed by atoms with Crippen LogP contribution < -0.4 is 5.32 Å². The minimum atomic E-state index is -0.368. The molecule has 5 heteroatoms.